The SMILES string of the molecule is CNC(=O)c1cnc(OCCC(O)O)s1. The van der Waals surface area contributed by atoms with Gasteiger partial charge in [0.05, 0.1) is 12.8 Å². The topological polar surface area (TPSA) is 91.7 Å². The molecule has 1 aromatic heterocycles. The summed E-state index contributed by atoms with van der Waals surface area (Å²) in [5.74, 6) is -0.218. The summed E-state index contributed by atoms with van der Waals surface area (Å²) in [6.45, 7) is 0.151. The Morgan fingerprint density at radius 3 is 3.07 bits per heavy atom. The molecular weight excluding hydrogens is 220 g/mol. The van der Waals surface area contributed by atoms with Crippen molar-refractivity contribution in [3.05, 3.63) is 11.1 Å². The molecule has 0 spiro atoms. The highest BCUT2D eigenvalue weighted by molar-refractivity contribution is 7.15. The number of nitrogens with one attached hydrogen (secondary N) is 1. The smallest absolute Gasteiger partial charge is 0.273 e. The number of rotatable bonds is 5. The number of thiazole rings is 1. The molecule has 6 nitrogen and oxygen atoms in total. The van der Waals surface area contributed by atoms with E-state index in [9.17, 15) is 4.79 Å². The Balaban J connectivity index is 2.43. The van der Waals surface area contributed by atoms with Gasteiger partial charge in [-0.15, -0.1) is 0 Å². The molecule has 0 aliphatic rings. The molecule has 1 rings (SSSR count). The molecule has 15 heavy (non-hydrogen) atoms. The van der Waals surface area contributed by atoms with Gasteiger partial charge in [-0.05, 0) is 0 Å². The van der Waals surface area contributed by atoms with Crippen LogP contribution in [0, 0.1) is 0 Å². The summed E-state index contributed by atoms with van der Waals surface area (Å²) < 4.78 is 5.10. The normalized spacial score (nSPS) is 10.4. The van der Waals surface area contributed by atoms with Gasteiger partial charge in [0.1, 0.15) is 4.88 Å². The molecule has 1 aromatic rings. The highest BCUT2D eigenvalue weighted by Crippen LogP contribution is 2.20. The van der Waals surface area contributed by atoms with Crippen LogP contribution in [0.3, 0.4) is 0 Å². The third-order valence-electron chi connectivity index (χ3n) is 1.54. The predicted octanol–water partition coefficient (Wildman–Crippen LogP) is -0.418. The lowest BCUT2D eigenvalue weighted by atomic mass is 10.4. The summed E-state index contributed by atoms with van der Waals surface area (Å²) in [5.41, 5.74) is 0. The van der Waals surface area contributed by atoms with Crippen LogP contribution in [0.15, 0.2) is 6.20 Å². The van der Waals surface area contributed by atoms with Crippen molar-refractivity contribution in [2.45, 2.75) is 12.7 Å². The quantitative estimate of drug-likeness (QED) is 0.600. The van der Waals surface area contributed by atoms with E-state index in [2.05, 4.69) is 10.3 Å². The summed E-state index contributed by atoms with van der Waals surface area (Å²) in [5, 5.41) is 19.9. The predicted molar refractivity (Wildman–Crippen MR) is 53.8 cm³/mol. The van der Waals surface area contributed by atoms with Crippen molar-refractivity contribution in [3.63, 3.8) is 0 Å². The second kappa shape index (κ2) is 5.64. The van der Waals surface area contributed by atoms with Crippen molar-refractivity contribution in [2.75, 3.05) is 13.7 Å². The molecule has 0 fully saturated rings. The molecule has 0 unspecified atom stereocenters. The molecule has 1 heterocycles. The number of carbonyl (C=O) groups is 1. The maximum Gasteiger partial charge on any atom is 0.273 e. The molecular formula is C8H12N2O4S. The van der Waals surface area contributed by atoms with Gasteiger partial charge >= 0.3 is 0 Å². The van der Waals surface area contributed by atoms with Crippen LogP contribution in [0.25, 0.3) is 0 Å². The number of amides is 1. The van der Waals surface area contributed by atoms with E-state index in [1.807, 2.05) is 0 Å². The molecule has 3 N–H and O–H groups in total. The number of hydrogen-bond donors (Lipinski definition) is 3. The lowest BCUT2D eigenvalue weighted by molar-refractivity contribution is -0.0519. The largest absolute Gasteiger partial charge is 0.470 e. The van der Waals surface area contributed by atoms with Crippen LogP contribution in [0.5, 0.6) is 5.19 Å². The fourth-order valence-electron chi connectivity index (χ4n) is 0.805. The Hall–Kier alpha value is -1.18. The average Bonchev–Trinajstić information content (AvgIpc) is 2.65. The second-order valence-electron chi connectivity index (χ2n) is 2.69. The van der Waals surface area contributed by atoms with E-state index in [4.69, 9.17) is 14.9 Å². The van der Waals surface area contributed by atoms with Gasteiger partial charge in [0.2, 0.25) is 0 Å². The maximum atomic E-state index is 11.1. The Morgan fingerprint density at radius 1 is 1.73 bits per heavy atom. The summed E-state index contributed by atoms with van der Waals surface area (Å²) in [4.78, 5) is 15.4. The van der Waals surface area contributed by atoms with Crippen LogP contribution in [0.2, 0.25) is 0 Å². The zero-order valence-electron chi connectivity index (χ0n) is 8.14. The van der Waals surface area contributed by atoms with Gasteiger partial charge in [0, 0.05) is 13.5 Å². The van der Waals surface area contributed by atoms with Gasteiger partial charge in [0.15, 0.2) is 6.29 Å². The van der Waals surface area contributed by atoms with Crippen molar-refractivity contribution >= 4 is 17.2 Å². The van der Waals surface area contributed by atoms with Crippen molar-refractivity contribution in [2.24, 2.45) is 0 Å². The van der Waals surface area contributed by atoms with E-state index < -0.39 is 6.29 Å². The molecule has 0 aliphatic carbocycles. The number of aromatic nitrogens is 1. The van der Waals surface area contributed by atoms with Crippen molar-refractivity contribution < 1.29 is 19.7 Å². The first-order valence-corrected chi connectivity index (χ1v) is 5.12. The number of ether oxygens (including phenoxy) is 1. The monoisotopic (exact) mass is 232 g/mol. The lowest BCUT2D eigenvalue weighted by Crippen LogP contribution is -2.16. The summed E-state index contributed by atoms with van der Waals surface area (Å²) in [7, 11) is 1.53. The molecule has 7 heteroatoms. The summed E-state index contributed by atoms with van der Waals surface area (Å²) >= 11 is 1.11. The van der Waals surface area contributed by atoms with Crippen molar-refractivity contribution in [1.82, 2.24) is 10.3 Å². The highest BCUT2D eigenvalue weighted by atomic mass is 32.1. The third kappa shape index (κ3) is 3.82. The maximum absolute atomic E-state index is 11.1. The highest BCUT2D eigenvalue weighted by Gasteiger charge is 2.09. The zero-order valence-corrected chi connectivity index (χ0v) is 8.95. The van der Waals surface area contributed by atoms with Crippen LogP contribution in [0.4, 0.5) is 0 Å². The first-order valence-electron chi connectivity index (χ1n) is 4.30. The Morgan fingerprint density at radius 2 is 2.47 bits per heavy atom. The second-order valence-corrected chi connectivity index (χ2v) is 3.68. The minimum absolute atomic E-state index is 0.106. The molecule has 1 amide bonds. The number of aliphatic hydroxyl groups excluding tert-OH is 1. The minimum atomic E-state index is -1.39. The van der Waals surface area contributed by atoms with E-state index in [1.165, 1.54) is 13.2 Å². The van der Waals surface area contributed by atoms with Gasteiger partial charge in [0.25, 0.3) is 11.1 Å². The molecule has 0 saturated heterocycles. The van der Waals surface area contributed by atoms with Crippen LogP contribution in [0.1, 0.15) is 16.1 Å². The first kappa shape index (κ1) is 11.9. The van der Waals surface area contributed by atoms with Gasteiger partial charge in [-0.2, -0.15) is 0 Å². The van der Waals surface area contributed by atoms with Gasteiger partial charge in [-0.3, -0.25) is 4.79 Å². The molecule has 0 aromatic carbocycles. The molecule has 84 valence electrons. The Labute approximate surface area is 90.5 Å². The standard InChI is InChI=1S/C8H12N2O4S/c1-9-7(13)5-4-10-8(15-5)14-3-2-6(11)12/h4,6,11-12H,2-3H2,1H3,(H,9,13). The molecule has 0 saturated carbocycles. The number of hydrogen-bond acceptors (Lipinski definition) is 6. The van der Waals surface area contributed by atoms with E-state index in [0.29, 0.717) is 10.1 Å². The fourth-order valence-corrected chi connectivity index (χ4v) is 1.54. The molecule has 0 aliphatic heterocycles. The van der Waals surface area contributed by atoms with Gasteiger partial charge < -0.3 is 20.3 Å². The lowest BCUT2D eigenvalue weighted by Gasteiger charge is -2.02. The first-order chi connectivity index (χ1) is 7.13. The van der Waals surface area contributed by atoms with Crippen molar-refractivity contribution in [3.8, 4) is 5.19 Å². The minimum Gasteiger partial charge on any atom is -0.470 e. The van der Waals surface area contributed by atoms with Crippen LogP contribution in [-0.2, 0) is 0 Å². The number of nitrogens with zero attached hydrogens (tertiary/aromatic N) is 1. The Bertz CT molecular complexity index is 326. The van der Waals surface area contributed by atoms with Gasteiger partial charge in [-0.25, -0.2) is 4.98 Å². The third-order valence-corrected chi connectivity index (χ3v) is 2.45. The zero-order chi connectivity index (χ0) is 11.3. The van der Waals surface area contributed by atoms with Crippen LogP contribution >= 0.6 is 11.3 Å². The molecule has 0 radical (unpaired) electrons. The molecule has 0 atom stereocenters. The van der Waals surface area contributed by atoms with E-state index >= 15 is 0 Å². The average molecular weight is 232 g/mol. The van der Waals surface area contributed by atoms with Crippen molar-refractivity contribution in [1.29, 1.82) is 0 Å². The fraction of sp³-hybridized carbons (Fsp3) is 0.500. The Kier molecular flexibility index (Phi) is 4.47. The van der Waals surface area contributed by atoms with E-state index in [-0.39, 0.29) is 18.9 Å². The van der Waals surface area contributed by atoms with Gasteiger partial charge in [-0.1, -0.05) is 11.3 Å². The van der Waals surface area contributed by atoms with E-state index in [0.717, 1.165) is 11.3 Å². The summed E-state index contributed by atoms with van der Waals surface area (Å²) in [6.07, 6.45) is 0.131. The van der Waals surface area contributed by atoms with Crippen LogP contribution < -0.4 is 10.1 Å². The van der Waals surface area contributed by atoms with E-state index in [1.54, 1.807) is 0 Å². The summed E-state index contributed by atoms with van der Waals surface area (Å²) in [6, 6.07) is 0. The van der Waals surface area contributed by atoms with Crippen LogP contribution in [-0.4, -0.2) is 41.0 Å². The molecule has 0 bridgehead atoms. The number of carbonyl (C=O) groups excluding carboxylic acids is 1. The number of aliphatic hydroxyl groups is 2.